The van der Waals surface area contributed by atoms with E-state index in [2.05, 4.69) is 20.6 Å². The first-order valence-corrected chi connectivity index (χ1v) is 16.6. The first-order chi connectivity index (χ1) is 24.8. The number of ether oxygens (including phenoxy) is 4. The Hall–Kier alpha value is -6.12. The number of alkyl carbamates (subject to hydrolysis) is 1. The maximum Gasteiger partial charge on any atom is 0.407 e. The molecule has 14 heteroatoms. The first-order valence-electron chi connectivity index (χ1n) is 15.8. The number of rotatable bonds is 13. The van der Waals surface area contributed by atoms with Gasteiger partial charge in [0.2, 0.25) is 0 Å². The predicted molar refractivity (Wildman–Crippen MR) is 191 cm³/mol. The van der Waals surface area contributed by atoms with E-state index in [1.165, 1.54) is 34.2 Å². The van der Waals surface area contributed by atoms with Crippen LogP contribution < -0.4 is 25.7 Å². The fraction of sp³-hybridized carbons (Fsp3) is 0.162. The van der Waals surface area contributed by atoms with Crippen molar-refractivity contribution in [1.82, 2.24) is 19.9 Å². The molecule has 0 spiro atoms. The summed E-state index contributed by atoms with van der Waals surface area (Å²) in [5.41, 5.74) is 1.91. The second-order valence-corrected chi connectivity index (χ2v) is 11.9. The number of thiophene rings is 1. The van der Waals surface area contributed by atoms with Gasteiger partial charge in [-0.25, -0.2) is 9.18 Å². The summed E-state index contributed by atoms with van der Waals surface area (Å²) in [6, 6.07) is 21.5. The van der Waals surface area contributed by atoms with Gasteiger partial charge < -0.3 is 29.6 Å². The fourth-order valence-electron chi connectivity index (χ4n) is 5.00. The van der Waals surface area contributed by atoms with Crippen LogP contribution in [-0.2, 0) is 16.1 Å². The van der Waals surface area contributed by atoms with Gasteiger partial charge in [0.25, 0.3) is 11.5 Å². The molecule has 2 amide bonds. The third-order valence-corrected chi connectivity index (χ3v) is 8.58. The Bertz CT molecular complexity index is 2230. The minimum Gasteiger partial charge on any atom is -0.493 e. The van der Waals surface area contributed by atoms with E-state index in [9.17, 15) is 14.4 Å². The lowest BCUT2D eigenvalue weighted by Crippen LogP contribution is -2.29. The van der Waals surface area contributed by atoms with Gasteiger partial charge in [0.15, 0.2) is 11.6 Å². The average Bonchev–Trinajstić information content (AvgIpc) is 3.58. The van der Waals surface area contributed by atoms with Crippen molar-refractivity contribution in [2.75, 3.05) is 32.2 Å². The topological polar surface area (TPSA) is 143 Å². The highest BCUT2D eigenvalue weighted by molar-refractivity contribution is 7.22. The van der Waals surface area contributed by atoms with Gasteiger partial charge in [-0.3, -0.25) is 24.1 Å². The van der Waals surface area contributed by atoms with E-state index in [1.54, 1.807) is 62.8 Å². The van der Waals surface area contributed by atoms with Crippen molar-refractivity contribution >= 4 is 39.2 Å². The van der Waals surface area contributed by atoms with Gasteiger partial charge in [-0.1, -0.05) is 24.3 Å². The lowest BCUT2D eigenvalue weighted by Gasteiger charge is -2.14. The number of carbonyl (C=O) groups is 2. The molecule has 0 aliphatic heterocycles. The number of carbonyl (C=O) groups excluding carboxylic acids is 2. The van der Waals surface area contributed by atoms with E-state index < -0.39 is 23.4 Å². The summed E-state index contributed by atoms with van der Waals surface area (Å²) in [5.74, 6) is -1.07. The number of hydrogen-bond acceptors (Lipinski definition) is 10. The summed E-state index contributed by atoms with van der Waals surface area (Å²) in [7, 11) is 1.54. The van der Waals surface area contributed by atoms with Gasteiger partial charge in [-0.05, 0) is 49.4 Å². The van der Waals surface area contributed by atoms with Crippen molar-refractivity contribution in [2.24, 2.45) is 0 Å². The Morgan fingerprint density at radius 1 is 0.961 bits per heavy atom. The molecule has 6 aromatic rings. The molecule has 0 saturated heterocycles. The van der Waals surface area contributed by atoms with Gasteiger partial charge in [0.05, 0.1) is 34.0 Å². The number of methoxy groups -OCH3 is 1. The molecule has 2 N–H and O–H groups in total. The first kappa shape index (κ1) is 34.7. The number of nitrogens with zero attached hydrogens (tertiary/aromatic N) is 3. The Labute approximate surface area is 295 Å². The predicted octanol–water partition coefficient (Wildman–Crippen LogP) is 6.96. The third kappa shape index (κ3) is 8.20. The maximum atomic E-state index is 15.4. The van der Waals surface area contributed by atoms with Crippen LogP contribution in [-0.4, -0.2) is 53.4 Å². The molecule has 0 saturated carbocycles. The summed E-state index contributed by atoms with van der Waals surface area (Å²) >= 11 is 1.37. The minimum absolute atomic E-state index is 0.0561. The van der Waals surface area contributed by atoms with E-state index in [1.807, 2.05) is 24.3 Å². The molecule has 12 nitrogen and oxygen atoms in total. The molecule has 0 radical (unpaired) electrons. The van der Waals surface area contributed by atoms with Crippen LogP contribution >= 0.6 is 11.3 Å². The molecular weight excluding hydrogens is 678 g/mol. The zero-order chi connectivity index (χ0) is 35.7. The zero-order valence-electron chi connectivity index (χ0n) is 27.6. The molecule has 0 aliphatic rings. The second kappa shape index (κ2) is 16.1. The highest BCUT2D eigenvalue weighted by Crippen LogP contribution is 2.39. The van der Waals surface area contributed by atoms with Gasteiger partial charge in [0, 0.05) is 61.3 Å². The van der Waals surface area contributed by atoms with Gasteiger partial charge in [0.1, 0.15) is 23.7 Å². The number of benzene rings is 2. The van der Waals surface area contributed by atoms with Crippen LogP contribution in [0.2, 0.25) is 0 Å². The number of hydrogen-bond donors (Lipinski definition) is 2. The normalized spacial score (nSPS) is 10.9. The molecular formula is C37H32FN5O7S. The quantitative estimate of drug-likeness (QED) is 0.122. The van der Waals surface area contributed by atoms with Crippen molar-refractivity contribution in [2.45, 2.75) is 13.5 Å². The van der Waals surface area contributed by atoms with Crippen molar-refractivity contribution in [1.29, 1.82) is 0 Å². The van der Waals surface area contributed by atoms with Crippen LogP contribution in [0.3, 0.4) is 0 Å². The van der Waals surface area contributed by atoms with Crippen LogP contribution in [0, 0.1) is 5.82 Å². The molecule has 0 atom stereocenters. The number of aromatic nitrogens is 3. The summed E-state index contributed by atoms with van der Waals surface area (Å²) in [6.07, 6.45) is 4.17. The number of anilines is 1. The number of amides is 2. The van der Waals surface area contributed by atoms with Crippen LogP contribution in [0.1, 0.15) is 22.8 Å². The molecule has 2 aromatic carbocycles. The summed E-state index contributed by atoms with van der Waals surface area (Å²) in [4.78, 5) is 48.3. The maximum absolute atomic E-state index is 15.4. The smallest absolute Gasteiger partial charge is 0.407 e. The van der Waals surface area contributed by atoms with E-state index in [-0.39, 0.29) is 36.0 Å². The molecule has 0 aliphatic carbocycles. The van der Waals surface area contributed by atoms with E-state index in [4.69, 9.17) is 18.9 Å². The fourth-order valence-corrected chi connectivity index (χ4v) is 6.04. The number of halogens is 1. The van der Waals surface area contributed by atoms with Crippen LogP contribution in [0.5, 0.6) is 17.2 Å². The summed E-state index contributed by atoms with van der Waals surface area (Å²) in [6.45, 7) is 2.77. The number of pyridine rings is 3. The Morgan fingerprint density at radius 2 is 1.80 bits per heavy atom. The van der Waals surface area contributed by atoms with E-state index in [0.29, 0.717) is 46.1 Å². The van der Waals surface area contributed by atoms with E-state index >= 15 is 4.39 Å². The number of fused-ring (bicyclic) bond motifs is 1. The molecule has 51 heavy (non-hydrogen) atoms. The lowest BCUT2D eigenvalue weighted by molar-refractivity contribution is 0.102. The molecule has 4 aromatic heterocycles. The Kier molecular flexibility index (Phi) is 10.9. The minimum atomic E-state index is -0.749. The molecule has 4 heterocycles. The molecule has 6 rings (SSSR count). The highest BCUT2D eigenvalue weighted by atomic mass is 32.1. The van der Waals surface area contributed by atoms with Gasteiger partial charge in [-0.2, -0.15) is 0 Å². The molecule has 260 valence electrons. The lowest BCUT2D eigenvalue weighted by atomic mass is 10.2. The van der Waals surface area contributed by atoms with Crippen LogP contribution in [0.4, 0.5) is 14.9 Å². The van der Waals surface area contributed by atoms with E-state index in [0.717, 1.165) is 10.9 Å². The van der Waals surface area contributed by atoms with Crippen molar-refractivity contribution in [3.05, 3.63) is 125 Å². The third-order valence-electron chi connectivity index (χ3n) is 7.42. The standard InChI is InChI=1S/C37H32FN5O7S/c1-3-48-30-14-17-43(25-7-5-4-6-8-25)36(45)33(30)35(44)42-24-10-12-29(26(38)19-24)50-31-13-15-39-28-20-32(51-34(28)31)27-11-9-23(21-41-27)22-49-37(46)40-16-18-47-2/h4-15,17,19-21H,3,16,18,22H2,1-2H3,(H,40,46)(H,42,44). The second-order valence-electron chi connectivity index (χ2n) is 10.9. The van der Waals surface area contributed by atoms with Gasteiger partial charge >= 0.3 is 6.09 Å². The summed E-state index contributed by atoms with van der Waals surface area (Å²) < 4.78 is 39.1. The largest absolute Gasteiger partial charge is 0.493 e. The number of nitrogens with one attached hydrogen (secondary N) is 2. The molecule has 0 fully saturated rings. The zero-order valence-corrected chi connectivity index (χ0v) is 28.4. The Morgan fingerprint density at radius 3 is 2.55 bits per heavy atom. The van der Waals surface area contributed by atoms with Crippen molar-refractivity contribution < 1.29 is 32.9 Å². The highest BCUT2D eigenvalue weighted by Gasteiger charge is 2.21. The van der Waals surface area contributed by atoms with Crippen molar-refractivity contribution in [3.8, 4) is 33.5 Å². The van der Waals surface area contributed by atoms with Crippen LogP contribution in [0.25, 0.3) is 26.5 Å². The van der Waals surface area contributed by atoms with Gasteiger partial charge in [-0.15, -0.1) is 11.3 Å². The summed E-state index contributed by atoms with van der Waals surface area (Å²) in [5, 5.41) is 5.20. The van der Waals surface area contributed by atoms with Crippen molar-refractivity contribution in [3.63, 3.8) is 0 Å². The average molecular weight is 710 g/mol. The monoisotopic (exact) mass is 709 g/mol. The van der Waals surface area contributed by atoms with Crippen LogP contribution in [0.15, 0.2) is 102 Å². The SMILES string of the molecule is CCOc1ccn(-c2ccccc2)c(=O)c1C(=O)Nc1ccc(Oc2ccnc3cc(-c4ccc(COC(=O)NCCOC)cn4)sc23)c(F)c1. The number of para-hydroxylation sites is 1. The Balaban J connectivity index is 1.16. The molecule has 0 bridgehead atoms. The molecule has 0 unspecified atom stereocenters.